The highest BCUT2D eigenvalue weighted by atomic mass is 16.5. The Bertz CT molecular complexity index is 824. The average molecular weight is 384 g/mol. The molecule has 2 amide bonds. The maximum Gasteiger partial charge on any atom is 0.263 e. The number of carbonyl (C=O) groups excluding carboxylic acids is 2. The number of hydrogen-bond acceptors (Lipinski definition) is 5. The highest BCUT2D eigenvalue weighted by Crippen LogP contribution is 2.29. The fourth-order valence-electron chi connectivity index (χ4n) is 3.12. The molecule has 7 heteroatoms. The molecule has 1 fully saturated rings. The lowest BCUT2D eigenvalue weighted by Crippen LogP contribution is -2.31. The van der Waals surface area contributed by atoms with E-state index in [4.69, 9.17) is 14.2 Å². The van der Waals surface area contributed by atoms with Crippen LogP contribution in [0, 0.1) is 0 Å². The Morgan fingerprint density at radius 3 is 2.43 bits per heavy atom. The summed E-state index contributed by atoms with van der Waals surface area (Å²) in [5.74, 6) is 0.220. The van der Waals surface area contributed by atoms with Crippen molar-refractivity contribution >= 4 is 17.5 Å². The SMILES string of the molecule is COc1cccc(OC)c1C(=O)Nc1cccc(C(=O)NC[C@H]2CCCO2)c1. The molecule has 1 aliphatic heterocycles. The van der Waals surface area contributed by atoms with Crippen molar-refractivity contribution in [3.63, 3.8) is 0 Å². The van der Waals surface area contributed by atoms with Gasteiger partial charge in [0, 0.05) is 24.4 Å². The fraction of sp³-hybridized carbons (Fsp3) is 0.333. The Morgan fingerprint density at radius 1 is 1.07 bits per heavy atom. The van der Waals surface area contributed by atoms with Gasteiger partial charge in [0.1, 0.15) is 17.1 Å². The summed E-state index contributed by atoms with van der Waals surface area (Å²) in [6, 6.07) is 11.9. The second-order valence-corrected chi connectivity index (χ2v) is 6.42. The monoisotopic (exact) mass is 384 g/mol. The number of carbonyl (C=O) groups is 2. The van der Waals surface area contributed by atoms with Crippen molar-refractivity contribution in [2.75, 3.05) is 32.7 Å². The number of benzene rings is 2. The molecule has 7 nitrogen and oxygen atoms in total. The first-order chi connectivity index (χ1) is 13.6. The van der Waals surface area contributed by atoms with Gasteiger partial charge in [-0.05, 0) is 43.2 Å². The van der Waals surface area contributed by atoms with Crippen LogP contribution in [0.4, 0.5) is 5.69 Å². The number of rotatable bonds is 7. The molecular formula is C21H24N2O5. The van der Waals surface area contributed by atoms with Crippen LogP contribution in [0.25, 0.3) is 0 Å². The van der Waals surface area contributed by atoms with Gasteiger partial charge < -0.3 is 24.8 Å². The predicted molar refractivity (Wildman–Crippen MR) is 105 cm³/mol. The zero-order valence-electron chi connectivity index (χ0n) is 16.0. The molecule has 2 aromatic rings. The summed E-state index contributed by atoms with van der Waals surface area (Å²) >= 11 is 0. The molecule has 0 unspecified atom stereocenters. The second-order valence-electron chi connectivity index (χ2n) is 6.42. The van der Waals surface area contributed by atoms with Crippen LogP contribution >= 0.6 is 0 Å². The zero-order chi connectivity index (χ0) is 19.9. The molecule has 0 bridgehead atoms. The Kier molecular flexibility index (Phi) is 6.49. The topological polar surface area (TPSA) is 85.9 Å². The molecule has 1 heterocycles. The first kappa shape index (κ1) is 19.7. The zero-order valence-corrected chi connectivity index (χ0v) is 16.0. The first-order valence-electron chi connectivity index (χ1n) is 9.14. The van der Waals surface area contributed by atoms with E-state index in [-0.39, 0.29) is 17.9 Å². The van der Waals surface area contributed by atoms with E-state index in [1.165, 1.54) is 14.2 Å². The number of amides is 2. The van der Waals surface area contributed by atoms with Crippen molar-refractivity contribution in [2.45, 2.75) is 18.9 Å². The Hall–Kier alpha value is -3.06. The van der Waals surface area contributed by atoms with Gasteiger partial charge in [0.2, 0.25) is 0 Å². The molecule has 1 aliphatic rings. The van der Waals surface area contributed by atoms with E-state index < -0.39 is 0 Å². The molecule has 0 aromatic heterocycles. The minimum Gasteiger partial charge on any atom is -0.496 e. The van der Waals surface area contributed by atoms with E-state index in [1.807, 2.05) is 0 Å². The van der Waals surface area contributed by atoms with E-state index in [0.29, 0.717) is 34.9 Å². The van der Waals surface area contributed by atoms with Crippen LogP contribution in [-0.2, 0) is 4.74 Å². The average Bonchev–Trinajstić information content (AvgIpc) is 3.25. The van der Waals surface area contributed by atoms with E-state index in [0.717, 1.165) is 19.4 Å². The van der Waals surface area contributed by atoms with Crippen molar-refractivity contribution in [2.24, 2.45) is 0 Å². The molecular weight excluding hydrogens is 360 g/mol. The summed E-state index contributed by atoms with van der Waals surface area (Å²) in [4.78, 5) is 25.2. The van der Waals surface area contributed by atoms with Gasteiger partial charge in [-0.3, -0.25) is 9.59 Å². The maximum absolute atomic E-state index is 12.8. The van der Waals surface area contributed by atoms with Gasteiger partial charge >= 0.3 is 0 Å². The minimum absolute atomic E-state index is 0.0739. The van der Waals surface area contributed by atoms with Crippen LogP contribution in [0.5, 0.6) is 11.5 Å². The lowest BCUT2D eigenvalue weighted by atomic mass is 10.1. The van der Waals surface area contributed by atoms with Crippen LogP contribution in [0.1, 0.15) is 33.6 Å². The number of nitrogens with one attached hydrogen (secondary N) is 2. The summed E-state index contributed by atoms with van der Waals surface area (Å²) in [5, 5.41) is 5.67. The highest BCUT2D eigenvalue weighted by Gasteiger charge is 2.19. The van der Waals surface area contributed by atoms with Gasteiger partial charge in [0.05, 0.1) is 20.3 Å². The van der Waals surface area contributed by atoms with Gasteiger partial charge in [-0.2, -0.15) is 0 Å². The van der Waals surface area contributed by atoms with Crippen LogP contribution in [0.3, 0.4) is 0 Å². The van der Waals surface area contributed by atoms with Crippen LogP contribution in [0.2, 0.25) is 0 Å². The molecule has 0 aliphatic carbocycles. The largest absolute Gasteiger partial charge is 0.496 e. The Balaban J connectivity index is 1.70. The molecule has 28 heavy (non-hydrogen) atoms. The van der Waals surface area contributed by atoms with Gasteiger partial charge in [0.15, 0.2) is 0 Å². The molecule has 148 valence electrons. The van der Waals surface area contributed by atoms with E-state index in [9.17, 15) is 9.59 Å². The Labute approximate surface area is 164 Å². The molecule has 1 atom stereocenters. The lowest BCUT2D eigenvalue weighted by molar-refractivity contribution is 0.0857. The molecule has 1 saturated heterocycles. The second kappa shape index (κ2) is 9.23. The summed E-state index contributed by atoms with van der Waals surface area (Å²) < 4.78 is 16.1. The minimum atomic E-state index is -0.383. The van der Waals surface area contributed by atoms with E-state index >= 15 is 0 Å². The molecule has 0 radical (unpaired) electrons. The lowest BCUT2D eigenvalue weighted by Gasteiger charge is -2.14. The molecule has 0 spiro atoms. The van der Waals surface area contributed by atoms with Gasteiger partial charge in [-0.15, -0.1) is 0 Å². The third-order valence-electron chi connectivity index (χ3n) is 4.55. The standard InChI is InChI=1S/C21H24N2O5/c1-26-17-9-4-10-18(27-2)19(17)21(25)23-15-7-3-6-14(12-15)20(24)22-13-16-8-5-11-28-16/h3-4,6-7,9-10,12,16H,5,8,11,13H2,1-2H3,(H,22,24)(H,23,25)/t16-/m1/s1. The molecule has 2 aromatic carbocycles. The van der Waals surface area contributed by atoms with Crippen LogP contribution in [-0.4, -0.2) is 45.3 Å². The predicted octanol–water partition coefficient (Wildman–Crippen LogP) is 2.86. The van der Waals surface area contributed by atoms with Crippen molar-refractivity contribution in [1.29, 1.82) is 0 Å². The van der Waals surface area contributed by atoms with Crippen molar-refractivity contribution in [3.8, 4) is 11.5 Å². The highest BCUT2D eigenvalue weighted by molar-refractivity contribution is 6.08. The first-order valence-corrected chi connectivity index (χ1v) is 9.14. The van der Waals surface area contributed by atoms with Crippen LogP contribution in [0.15, 0.2) is 42.5 Å². The third-order valence-corrected chi connectivity index (χ3v) is 4.55. The van der Waals surface area contributed by atoms with Crippen molar-refractivity contribution in [1.82, 2.24) is 5.32 Å². The van der Waals surface area contributed by atoms with Gasteiger partial charge in [-0.25, -0.2) is 0 Å². The number of ether oxygens (including phenoxy) is 3. The van der Waals surface area contributed by atoms with E-state index in [2.05, 4.69) is 10.6 Å². The molecule has 2 N–H and O–H groups in total. The normalized spacial score (nSPS) is 15.7. The number of methoxy groups -OCH3 is 2. The fourth-order valence-corrected chi connectivity index (χ4v) is 3.12. The summed E-state index contributed by atoms with van der Waals surface area (Å²) in [6.07, 6.45) is 2.05. The van der Waals surface area contributed by atoms with Crippen molar-refractivity contribution < 1.29 is 23.8 Å². The molecule has 3 rings (SSSR count). The van der Waals surface area contributed by atoms with Gasteiger partial charge in [-0.1, -0.05) is 12.1 Å². The smallest absolute Gasteiger partial charge is 0.263 e. The summed E-state index contributed by atoms with van der Waals surface area (Å²) in [6.45, 7) is 1.22. The third kappa shape index (κ3) is 4.61. The van der Waals surface area contributed by atoms with E-state index in [1.54, 1.807) is 42.5 Å². The number of hydrogen-bond donors (Lipinski definition) is 2. The van der Waals surface area contributed by atoms with Gasteiger partial charge in [0.25, 0.3) is 11.8 Å². The Morgan fingerprint density at radius 2 is 1.79 bits per heavy atom. The quantitative estimate of drug-likeness (QED) is 0.767. The van der Waals surface area contributed by atoms with Crippen molar-refractivity contribution in [3.05, 3.63) is 53.6 Å². The number of anilines is 1. The summed E-state index contributed by atoms with van der Waals surface area (Å²) in [5.41, 5.74) is 1.26. The summed E-state index contributed by atoms with van der Waals surface area (Å²) in [7, 11) is 2.98. The van der Waals surface area contributed by atoms with Crippen LogP contribution < -0.4 is 20.1 Å². The maximum atomic E-state index is 12.8. The molecule has 0 saturated carbocycles.